The van der Waals surface area contributed by atoms with Crippen LogP contribution in [0, 0.1) is 0 Å². The molecule has 0 saturated carbocycles. The Morgan fingerprint density at radius 2 is 2.25 bits per heavy atom. The molecule has 0 aliphatic carbocycles. The van der Waals surface area contributed by atoms with Gasteiger partial charge >= 0.3 is 6.16 Å². The molecule has 1 unspecified atom stereocenters. The smallest absolute Gasteiger partial charge is 0.449 e. The second-order valence-corrected chi connectivity index (χ2v) is 4.27. The van der Waals surface area contributed by atoms with E-state index >= 15 is 0 Å². The van der Waals surface area contributed by atoms with Crippen molar-refractivity contribution >= 4 is 6.16 Å². The quantitative estimate of drug-likeness (QED) is 0.583. The number of benzene rings is 1. The number of fused-ring (bicyclic) bond motifs is 1. The molecule has 0 radical (unpaired) electrons. The third kappa shape index (κ3) is 2.17. The number of ether oxygens (including phenoxy) is 1. The third-order valence-electron chi connectivity index (χ3n) is 3.07. The summed E-state index contributed by atoms with van der Waals surface area (Å²) in [5.41, 5.74) is 2.43. The van der Waals surface area contributed by atoms with E-state index in [-0.39, 0.29) is 0 Å². The number of hydrogen-bond donors (Lipinski definition) is 1. The van der Waals surface area contributed by atoms with Gasteiger partial charge in [-0.1, -0.05) is 6.07 Å². The fraction of sp³-hybridized carbons (Fsp3) is 0.417. The van der Waals surface area contributed by atoms with Crippen LogP contribution in [0.4, 0.5) is 4.79 Å². The van der Waals surface area contributed by atoms with E-state index in [1.54, 1.807) is 6.07 Å². The minimum Gasteiger partial charge on any atom is -0.449 e. The van der Waals surface area contributed by atoms with E-state index in [4.69, 9.17) is 5.11 Å². The van der Waals surface area contributed by atoms with Gasteiger partial charge in [-0.25, -0.2) is 4.79 Å². The van der Waals surface area contributed by atoms with Gasteiger partial charge < -0.3 is 9.84 Å². The van der Waals surface area contributed by atoms with Crippen LogP contribution in [0.5, 0.6) is 5.75 Å². The maximum Gasteiger partial charge on any atom is 0.511 e. The van der Waals surface area contributed by atoms with Crippen LogP contribution in [-0.4, -0.2) is 29.3 Å². The lowest BCUT2D eigenvalue weighted by molar-refractivity contribution is 0.144. The zero-order chi connectivity index (χ0) is 11.7. The molecule has 1 aliphatic heterocycles. The van der Waals surface area contributed by atoms with E-state index in [1.807, 2.05) is 12.1 Å². The first-order chi connectivity index (χ1) is 7.56. The van der Waals surface area contributed by atoms with Gasteiger partial charge in [-0.05, 0) is 43.7 Å². The molecule has 0 saturated heterocycles. The molecule has 1 N–H and O–H groups in total. The number of carbonyl (C=O) groups is 1. The Kier molecular flexibility index (Phi) is 2.83. The van der Waals surface area contributed by atoms with Crippen molar-refractivity contribution in [2.24, 2.45) is 0 Å². The van der Waals surface area contributed by atoms with E-state index in [1.165, 1.54) is 11.1 Å². The zero-order valence-electron chi connectivity index (χ0n) is 9.43. The van der Waals surface area contributed by atoms with Crippen molar-refractivity contribution in [2.45, 2.75) is 25.9 Å². The van der Waals surface area contributed by atoms with Gasteiger partial charge in [-0.15, -0.1) is 0 Å². The number of nitrogens with zero attached hydrogens (tertiary/aromatic N) is 1. The van der Waals surface area contributed by atoms with E-state index in [0.29, 0.717) is 11.8 Å². The van der Waals surface area contributed by atoms with Crippen molar-refractivity contribution < 1.29 is 14.6 Å². The first kappa shape index (κ1) is 11.0. The molecule has 0 bridgehead atoms. The lowest BCUT2D eigenvalue weighted by atomic mass is 9.95. The van der Waals surface area contributed by atoms with Crippen LogP contribution < -0.4 is 4.74 Å². The monoisotopic (exact) mass is 221 g/mol. The summed E-state index contributed by atoms with van der Waals surface area (Å²) in [4.78, 5) is 12.7. The Morgan fingerprint density at radius 3 is 2.94 bits per heavy atom. The first-order valence-corrected chi connectivity index (χ1v) is 5.29. The van der Waals surface area contributed by atoms with E-state index < -0.39 is 6.16 Å². The minimum absolute atomic E-state index is 0.406. The summed E-state index contributed by atoms with van der Waals surface area (Å²) in [5, 5.41) is 8.53. The lowest BCUT2D eigenvalue weighted by Gasteiger charge is -2.31. The molecule has 0 spiro atoms. The van der Waals surface area contributed by atoms with Crippen molar-refractivity contribution in [3.05, 3.63) is 29.3 Å². The first-order valence-electron chi connectivity index (χ1n) is 5.29. The van der Waals surface area contributed by atoms with Crippen LogP contribution in [0.15, 0.2) is 18.2 Å². The molecule has 4 nitrogen and oxygen atoms in total. The predicted molar refractivity (Wildman–Crippen MR) is 59.7 cm³/mol. The normalized spacial score (nSPS) is 20.2. The Balaban J connectivity index is 2.25. The summed E-state index contributed by atoms with van der Waals surface area (Å²) in [6.07, 6.45) is -0.330. The highest BCUT2D eigenvalue weighted by Crippen LogP contribution is 2.25. The highest BCUT2D eigenvalue weighted by Gasteiger charge is 2.20. The predicted octanol–water partition coefficient (Wildman–Crippen LogP) is 2.12. The molecule has 86 valence electrons. The fourth-order valence-corrected chi connectivity index (χ4v) is 2.01. The van der Waals surface area contributed by atoms with Gasteiger partial charge in [0.1, 0.15) is 5.75 Å². The molecule has 0 fully saturated rings. The van der Waals surface area contributed by atoms with E-state index in [9.17, 15) is 4.79 Å². The highest BCUT2D eigenvalue weighted by atomic mass is 16.7. The second-order valence-electron chi connectivity index (χ2n) is 4.27. The number of hydrogen-bond acceptors (Lipinski definition) is 3. The number of carboxylic acid groups (broad SMARTS) is 1. The maximum atomic E-state index is 10.4. The summed E-state index contributed by atoms with van der Waals surface area (Å²) in [5.74, 6) is 0.406. The Hall–Kier alpha value is -1.55. The molecule has 1 aromatic rings. The van der Waals surface area contributed by atoms with Crippen LogP contribution >= 0.6 is 0 Å². The standard InChI is InChI=1S/C12H15NO3/c1-8-5-10-6-11(16-12(14)15)4-3-9(10)7-13(8)2/h3-4,6,8H,5,7H2,1-2H3,(H,14,15). The summed E-state index contributed by atoms with van der Waals surface area (Å²) >= 11 is 0. The molecule has 0 amide bonds. The second kappa shape index (κ2) is 4.14. The summed E-state index contributed by atoms with van der Waals surface area (Å²) in [6.45, 7) is 3.07. The molecule has 4 heteroatoms. The van der Waals surface area contributed by atoms with Crippen LogP contribution in [0.1, 0.15) is 18.1 Å². The maximum absolute atomic E-state index is 10.4. The third-order valence-corrected chi connectivity index (χ3v) is 3.07. The molecule has 16 heavy (non-hydrogen) atoms. The van der Waals surface area contributed by atoms with Crippen LogP contribution in [0.25, 0.3) is 0 Å². The molecule has 1 heterocycles. The summed E-state index contributed by atoms with van der Waals surface area (Å²) < 4.78 is 4.65. The summed E-state index contributed by atoms with van der Waals surface area (Å²) in [6, 6.07) is 5.95. The van der Waals surface area contributed by atoms with Crippen LogP contribution in [0.3, 0.4) is 0 Å². The van der Waals surface area contributed by atoms with Crippen molar-refractivity contribution in [2.75, 3.05) is 7.05 Å². The van der Waals surface area contributed by atoms with Gasteiger partial charge in [0.25, 0.3) is 0 Å². The zero-order valence-corrected chi connectivity index (χ0v) is 9.43. The molecule has 1 atom stereocenters. The van der Waals surface area contributed by atoms with Crippen molar-refractivity contribution in [3.63, 3.8) is 0 Å². The van der Waals surface area contributed by atoms with Crippen molar-refractivity contribution in [1.29, 1.82) is 0 Å². The molecule has 1 aliphatic rings. The molecule has 1 aromatic carbocycles. The molecule has 2 rings (SSSR count). The largest absolute Gasteiger partial charge is 0.511 e. The van der Waals surface area contributed by atoms with Gasteiger partial charge in [0.05, 0.1) is 0 Å². The van der Waals surface area contributed by atoms with Crippen molar-refractivity contribution in [1.82, 2.24) is 4.90 Å². The van der Waals surface area contributed by atoms with E-state index in [0.717, 1.165) is 13.0 Å². The van der Waals surface area contributed by atoms with Crippen LogP contribution in [0.2, 0.25) is 0 Å². The minimum atomic E-state index is -1.26. The van der Waals surface area contributed by atoms with Crippen LogP contribution in [-0.2, 0) is 13.0 Å². The molecular formula is C12H15NO3. The van der Waals surface area contributed by atoms with Gasteiger partial charge in [0, 0.05) is 12.6 Å². The Bertz CT molecular complexity index is 417. The van der Waals surface area contributed by atoms with Gasteiger partial charge in [-0.3, -0.25) is 4.90 Å². The van der Waals surface area contributed by atoms with Gasteiger partial charge in [0.2, 0.25) is 0 Å². The summed E-state index contributed by atoms with van der Waals surface area (Å²) in [7, 11) is 2.09. The van der Waals surface area contributed by atoms with Crippen molar-refractivity contribution in [3.8, 4) is 5.75 Å². The molecule has 0 aromatic heterocycles. The Morgan fingerprint density at radius 1 is 1.50 bits per heavy atom. The average Bonchev–Trinajstić information content (AvgIpc) is 2.19. The SMILES string of the molecule is CC1Cc2cc(OC(=O)O)ccc2CN1C. The molecular weight excluding hydrogens is 206 g/mol. The Labute approximate surface area is 94.4 Å². The topological polar surface area (TPSA) is 49.8 Å². The number of rotatable bonds is 1. The highest BCUT2D eigenvalue weighted by molar-refractivity contribution is 5.61. The average molecular weight is 221 g/mol. The number of likely N-dealkylation sites (N-methyl/N-ethyl adjacent to an activating group) is 1. The van der Waals surface area contributed by atoms with Gasteiger partial charge in [-0.2, -0.15) is 0 Å². The van der Waals surface area contributed by atoms with E-state index in [2.05, 4.69) is 23.6 Å². The lowest BCUT2D eigenvalue weighted by Crippen LogP contribution is -2.34. The van der Waals surface area contributed by atoms with Gasteiger partial charge in [0.15, 0.2) is 0 Å². The fourth-order valence-electron chi connectivity index (χ4n) is 2.01.